The second-order valence-electron chi connectivity index (χ2n) is 9.02. The molecule has 1 aliphatic heterocycles. The minimum atomic E-state index is -1.31. The second-order valence-corrected chi connectivity index (χ2v) is 9.02. The molecule has 1 fully saturated rings. The van der Waals surface area contributed by atoms with E-state index >= 15 is 0 Å². The molecule has 2 aromatic rings. The second kappa shape index (κ2) is 11.5. The van der Waals surface area contributed by atoms with Crippen molar-refractivity contribution < 1.29 is 14.0 Å². The number of hydrogen-bond donors (Lipinski definition) is 4. The first-order valence-corrected chi connectivity index (χ1v) is 11.6. The Hall–Kier alpha value is -3.88. The third-order valence-corrected chi connectivity index (χ3v) is 6.07. The topological polar surface area (TPSA) is 140 Å². The maximum absolute atomic E-state index is 14.4. The lowest BCUT2D eigenvalue weighted by Gasteiger charge is -2.27. The van der Waals surface area contributed by atoms with E-state index in [1.807, 2.05) is 54.6 Å². The third kappa shape index (κ3) is 6.59. The maximum Gasteiger partial charge on any atom is 0.243 e. The molecule has 0 unspecified atom stereocenters. The number of nitrogens with two attached hydrogens (primary N) is 3. The average molecular weight is 481 g/mol. The van der Waals surface area contributed by atoms with E-state index in [-0.39, 0.29) is 30.9 Å². The van der Waals surface area contributed by atoms with Crippen molar-refractivity contribution in [1.29, 1.82) is 0 Å². The van der Waals surface area contributed by atoms with E-state index in [0.29, 0.717) is 5.92 Å². The number of nitrogens with zero attached hydrogens (tertiary/aromatic N) is 2. The van der Waals surface area contributed by atoms with Gasteiger partial charge in [-0.1, -0.05) is 68.4 Å². The van der Waals surface area contributed by atoms with Gasteiger partial charge in [0.2, 0.25) is 11.8 Å². The van der Waals surface area contributed by atoms with Crippen LogP contribution < -0.4 is 22.6 Å². The molecule has 186 valence electrons. The Morgan fingerprint density at radius 2 is 1.69 bits per heavy atom. The molecule has 35 heavy (non-hydrogen) atoms. The van der Waals surface area contributed by atoms with Gasteiger partial charge in [0.05, 0.1) is 19.0 Å². The monoisotopic (exact) mass is 480 g/mol. The van der Waals surface area contributed by atoms with E-state index in [1.165, 1.54) is 16.5 Å². The van der Waals surface area contributed by atoms with E-state index in [9.17, 15) is 14.0 Å². The van der Waals surface area contributed by atoms with Crippen molar-refractivity contribution in [2.45, 2.75) is 50.9 Å². The minimum absolute atomic E-state index is 0.0384. The zero-order valence-electron chi connectivity index (χ0n) is 20.0. The summed E-state index contributed by atoms with van der Waals surface area (Å²) in [4.78, 5) is 27.5. The van der Waals surface area contributed by atoms with Crippen molar-refractivity contribution in [1.82, 2.24) is 10.2 Å². The number of amides is 2. The Labute approximate surface area is 205 Å². The number of hydrazone groups is 1. The van der Waals surface area contributed by atoms with Crippen molar-refractivity contribution in [2.75, 3.05) is 6.54 Å². The molecule has 2 aromatic carbocycles. The van der Waals surface area contributed by atoms with Gasteiger partial charge >= 0.3 is 0 Å². The minimum Gasteiger partial charge on any atom is -0.402 e. The lowest BCUT2D eigenvalue weighted by Crippen LogP contribution is -2.47. The SMILES string of the molecule is CC(C)c1ccc([C@@H](NC(=O)[C@@H]2C[C@@H](F)CN2C(=O)C/C(N)=C/C(N)=N/N)c2ccccc2)cc1. The molecular formula is C26H33FN6O2. The predicted molar refractivity (Wildman–Crippen MR) is 135 cm³/mol. The fourth-order valence-electron chi connectivity index (χ4n) is 4.18. The molecule has 0 bridgehead atoms. The first-order valence-electron chi connectivity index (χ1n) is 11.6. The molecule has 3 rings (SSSR count). The van der Waals surface area contributed by atoms with Gasteiger partial charge in [0.15, 0.2) is 0 Å². The molecule has 0 radical (unpaired) electrons. The molecular weight excluding hydrogens is 447 g/mol. The first-order chi connectivity index (χ1) is 16.7. The average Bonchev–Trinajstić information content (AvgIpc) is 3.24. The Morgan fingerprint density at radius 3 is 2.29 bits per heavy atom. The summed E-state index contributed by atoms with van der Waals surface area (Å²) in [5.41, 5.74) is 14.4. The lowest BCUT2D eigenvalue weighted by atomic mass is 9.95. The molecule has 1 saturated heterocycles. The molecule has 1 heterocycles. The van der Waals surface area contributed by atoms with Gasteiger partial charge in [0.25, 0.3) is 0 Å². The fraction of sp³-hybridized carbons (Fsp3) is 0.346. The molecule has 0 aromatic heterocycles. The number of carbonyl (C=O) groups excluding carboxylic acids is 2. The van der Waals surface area contributed by atoms with Gasteiger partial charge < -0.3 is 27.5 Å². The van der Waals surface area contributed by atoms with E-state index in [0.717, 1.165) is 11.1 Å². The molecule has 9 heteroatoms. The molecule has 7 N–H and O–H groups in total. The van der Waals surface area contributed by atoms with E-state index < -0.39 is 30.1 Å². The number of halogens is 1. The van der Waals surface area contributed by atoms with Crippen LogP contribution in [-0.4, -0.2) is 41.3 Å². The summed E-state index contributed by atoms with van der Waals surface area (Å²) < 4.78 is 14.4. The van der Waals surface area contributed by atoms with Crippen LogP contribution in [0.2, 0.25) is 0 Å². The quantitative estimate of drug-likeness (QED) is 0.199. The molecule has 3 atom stereocenters. The van der Waals surface area contributed by atoms with E-state index in [4.69, 9.17) is 17.3 Å². The highest BCUT2D eigenvalue weighted by Crippen LogP contribution is 2.27. The standard InChI is InChI=1S/C26H33FN6O2/c1-16(2)17-8-10-19(11-9-17)25(18-6-4-3-5-7-18)31-26(35)22-12-20(27)15-33(22)24(34)14-21(28)13-23(29)32-30/h3-11,13,16,20,22,25H,12,14-15,28,30H2,1-2H3,(H2,29,32)(H,31,35)/b21-13-/t20-,22+,25+/m1/s1. The third-order valence-electron chi connectivity index (χ3n) is 6.07. The van der Waals surface area contributed by atoms with Crippen LogP contribution >= 0.6 is 0 Å². The molecule has 2 amide bonds. The lowest BCUT2D eigenvalue weighted by molar-refractivity contribution is -0.138. The summed E-state index contributed by atoms with van der Waals surface area (Å²) >= 11 is 0. The van der Waals surface area contributed by atoms with Crippen molar-refractivity contribution in [3.63, 3.8) is 0 Å². The van der Waals surface area contributed by atoms with Crippen molar-refractivity contribution >= 4 is 17.6 Å². The molecule has 0 spiro atoms. The van der Waals surface area contributed by atoms with Crippen LogP contribution in [0.5, 0.6) is 0 Å². The van der Waals surface area contributed by atoms with Gasteiger partial charge in [-0.25, -0.2) is 4.39 Å². The van der Waals surface area contributed by atoms with Crippen LogP contribution in [0.1, 0.15) is 55.3 Å². The summed E-state index contributed by atoms with van der Waals surface area (Å²) in [6.07, 6.45) is -0.356. The number of carbonyl (C=O) groups is 2. The van der Waals surface area contributed by atoms with Crippen molar-refractivity contribution in [3.05, 3.63) is 83.1 Å². The highest BCUT2D eigenvalue weighted by molar-refractivity contribution is 5.93. The Morgan fingerprint density at radius 1 is 1.09 bits per heavy atom. The predicted octanol–water partition coefficient (Wildman–Crippen LogP) is 2.42. The molecule has 0 saturated carbocycles. The van der Waals surface area contributed by atoms with Gasteiger partial charge in [-0.05, 0) is 22.6 Å². The van der Waals surface area contributed by atoms with E-state index in [2.05, 4.69) is 24.3 Å². The maximum atomic E-state index is 14.4. The van der Waals surface area contributed by atoms with Gasteiger partial charge in [0.1, 0.15) is 18.0 Å². The van der Waals surface area contributed by atoms with Crippen molar-refractivity contribution in [2.24, 2.45) is 22.4 Å². The number of alkyl halides is 1. The van der Waals surface area contributed by atoms with E-state index in [1.54, 1.807) is 0 Å². The number of nitrogens with one attached hydrogen (secondary N) is 1. The molecule has 8 nitrogen and oxygen atoms in total. The van der Waals surface area contributed by atoms with Gasteiger partial charge in [-0.2, -0.15) is 5.10 Å². The Balaban J connectivity index is 1.82. The number of amidine groups is 1. The van der Waals surface area contributed by atoms with Gasteiger partial charge in [-0.15, -0.1) is 0 Å². The van der Waals surface area contributed by atoms with Gasteiger partial charge in [0, 0.05) is 18.2 Å². The Kier molecular flexibility index (Phi) is 8.46. The summed E-state index contributed by atoms with van der Waals surface area (Å²) in [6.45, 7) is 4.05. The summed E-state index contributed by atoms with van der Waals surface area (Å²) in [6, 6.07) is 16.2. The normalized spacial score (nSPS) is 19.6. The van der Waals surface area contributed by atoms with Gasteiger partial charge in [-0.3, -0.25) is 9.59 Å². The number of benzene rings is 2. The molecule has 1 aliphatic rings. The van der Waals surface area contributed by atoms with Crippen LogP contribution in [0.25, 0.3) is 0 Å². The number of rotatable bonds is 8. The van der Waals surface area contributed by atoms with Crippen molar-refractivity contribution in [3.8, 4) is 0 Å². The summed E-state index contributed by atoms with van der Waals surface area (Å²) in [7, 11) is 0. The zero-order valence-corrected chi connectivity index (χ0v) is 20.0. The highest BCUT2D eigenvalue weighted by atomic mass is 19.1. The zero-order chi connectivity index (χ0) is 25.5. The van der Waals surface area contributed by atoms with Crippen LogP contribution in [0, 0.1) is 0 Å². The van der Waals surface area contributed by atoms with Crippen LogP contribution in [0.3, 0.4) is 0 Å². The number of likely N-dealkylation sites (tertiary alicyclic amines) is 1. The summed E-state index contributed by atoms with van der Waals surface area (Å²) in [5.74, 6) is 4.53. The summed E-state index contributed by atoms with van der Waals surface area (Å²) in [5, 5.41) is 6.32. The largest absolute Gasteiger partial charge is 0.402 e. The molecule has 0 aliphatic carbocycles. The van der Waals surface area contributed by atoms with Crippen LogP contribution in [0.4, 0.5) is 4.39 Å². The van der Waals surface area contributed by atoms with Crippen LogP contribution in [-0.2, 0) is 9.59 Å². The first kappa shape index (κ1) is 25.7. The fourth-order valence-corrected chi connectivity index (χ4v) is 4.18. The Bertz CT molecular complexity index is 1080. The highest BCUT2D eigenvalue weighted by Gasteiger charge is 2.40. The number of hydrogen-bond acceptors (Lipinski definition) is 5. The van der Waals surface area contributed by atoms with Crippen LogP contribution in [0.15, 0.2) is 71.5 Å². The smallest absolute Gasteiger partial charge is 0.243 e.